The summed E-state index contributed by atoms with van der Waals surface area (Å²) in [5.41, 5.74) is -3.14. The first-order valence-electron chi connectivity index (χ1n) is 16.6. The van der Waals surface area contributed by atoms with Gasteiger partial charge in [-0.1, -0.05) is 60.7 Å². The van der Waals surface area contributed by atoms with Crippen molar-refractivity contribution in [1.82, 2.24) is 0 Å². The van der Waals surface area contributed by atoms with Crippen molar-refractivity contribution in [2.75, 3.05) is 13.2 Å². The maximum absolute atomic E-state index is 13.6. The van der Waals surface area contributed by atoms with E-state index >= 15 is 0 Å². The highest BCUT2D eigenvalue weighted by atomic mass is 16.5. The molecule has 4 rings (SSSR count). The average molecular weight is 739 g/mol. The fourth-order valence-electron chi connectivity index (χ4n) is 5.28. The predicted octanol–water partition coefficient (Wildman–Crippen LogP) is 5.02. The minimum Gasteiger partial charge on any atom is -0.478 e. The summed E-state index contributed by atoms with van der Waals surface area (Å²) in [5, 5.41) is 39.3. The fraction of sp³-hybridized carbons (Fsp3) is 0.244. The highest BCUT2D eigenvalue weighted by molar-refractivity contribution is 6.13. The van der Waals surface area contributed by atoms with E-state index in [1.165, 1.54) is 64.1 Å². The van der Waals surface area contributed by atoms with Crippen LogP contribution in [0.4, 0.5) is 0 Å². The van der Waals surface area contributed by atoms with Crippen LogP contribution in [0.2, 0.25) is 0 Å². The monoisotopic (exact) mass is 738 g/mol. The van der Waals surface area contributed by atoms with Gasteiger partial charge in [-0.25, -0.2) is 19.2 Å². The Morgan fingerprint density at radius 2 is 0.796 bits per heavy atom. The van der Waals surface area contributed by atoms with Crippen molar-refractivity contribution >= 4 is 41.2 Å². The van der Waals surface area contributed by atoms with Crippen molar-refractivity contribution < 1.29 is 63.5 Å². The van der Waals surface area contributed by atoms with Gasteiger partial charge in [0.15, 0.2) is 17.3 Å². The average Bonchev–Trinajstić information content (AvgIpc) is 3.13. The van der Waals surface area contributed by atoms with E-state index in [-0.39, 0.29) is 37.2 Å². The third kappa shape index (κ3) is 9.97. The summed E-state index contributed by atoms with van der Waals surface area (Å²) in [7, 11) is 0. The van der Waals surface area contributed by atoms with Crippen molar-refractivity contribution in [3.63, 3.8) is 0 Å². The Morgan fingerprint density at radius 1 is 0.481 bits per heavy atom. The summed E-state index contributed by atoms with van der Waals surface area (Å²) in [6.45, 7) is 5.14. The first kappa shape index (κ1) is 40.5. The van der Waals surface area contributed by atoms with Gasteiger partial charge in [-0.3, -0.25) is 14.4 Å². The molecule has 0 aliphatic heterocycles. The SMILES string of the molecule is CC(C)(O)C(=O)c1ccc(CCOC(=O)c2cc(C(=O)c3ccc(C(=O)O)c(C(=O)OCCc4ccc(C(=O)C(C)(C)O)cc4)c3)ccc2C(=O)O)cc1. The molecule has 0 unspecified atom stereocenters. The first-order valence-corrected chi connectivity index (χ1v) is 16.6. The molecule has 0 spiro atoms. The molecule has 13 heteroatoms. The van der Waals surface area contributed by atoms with Gasteiger partial charge in [0.25, 0.3) is 0 Å². The number of ketones is 3. The molecule has 13 nitrogen and oxygen atoms in total. The summed E-state index contributed by atoms with van der Waals surface area (Å²) in [6, 6.07) is 19.1. The van der Waals surface area contributed by atoms with Gasteiger partial charge < -0.3 is 29.9 Å². The minimum absolute atomic E-state index is 0.145. The molecule has 0 fully saturated rings. The molecule has 54 heavy (non-hydrogen) atoms. The standard InChI is InChI=1S/C41H38O13/c1-40(2,51)34(43)25-9-5-23(6-10-25)17-19-53-38(49)31-21-27(13-15-29(31)36(45)46)33(42)28-14-16-30(37(47)48)32(22-28)39(50)54-20-18-24-7-11-26(12-8-24)35(44)41(3,4)52/h5-16,21-22,51-52H,17-20H2,1-4H3,(H,45,46)(H,47,48). The third-order valence-electron chi connectivity index (χ3n) is 8.26. The van der Waals surface area contributed by atoms with Gasteiger partial charge in [-0.15, -0.1) is 0 Å². The summed E-state index contributed by atoms with van der Waals surface area (Å²) in [4.78, 5) is 88.1. The molecule has 0 saturated heterocycles. The van der Waals surface area contributed by atoms with Crippen LogP contribution in [0.15, 0.2) is 84.9 Å². The van der Waals surface area contributed by atoms with Gasteiger partial charge in [0, 0.05) is 35.1 Å². The molecule has 0 aromatic heterocycles. The number of rotatable bonds is 16. The lowest BCUT2D eigenvalue weighted by atomic mass is 9.95. The molecule has 0 amide bonds. The Bertz CT molecular complexity index is 1960. The second-order valence-electron chi connectivity index (χ2n) is 13.4. The molecule has 0 saturated carbocycles. The highest BCUT2D eigenvalue weighted by Crippen LogP contribution is 2.22. The zero-order valence-electron chi connectivity index (χ0n) is 29.9. The third-order valence-corrected chi connectivity index (χ3v) is 8.26. The Labute approximate surface area is 309 Å². The zero-order chi connectivity index (χ0) is 40.0. The smallest absolute Gasteiger partial charge is 0.339 e. The number of aliphatic hydroxyl groups is 2. The molecule has 280 valence electrons. The van der Waals surface area contributed by atoms with E-state index in [4.69, 9.17) is 9.47 Å². The molecule has 0 bridgehead atoms. The number of hydrogen-bond donors (Lipinski definition) is 4. The first-order chi connectivity index (χ1) is 25.3. The van der Waals surface area contributed by atoms with Crippen molar-refractivity contribution in [1.29, 1.82) is 0 Å². The van der Waals surface area contributed by atoms with E-state index in [2.05, 4.69) is 0 Å². The number of carboxylic acids is 2. The number of Topliss-reactive ketones (excluding diaryl/α,β-unsaturated/α-hetero) is 2. The number of carbonyl (C=O) groups is 7. The zero-order valence-corrected chi connectivity index (χ0v) is 29.9. The molecule has 0 radical (unpaired) electrons. The quantitative estimate of drug-likeness (QED) is 0.0878. The minimum atomic E-state index is -1.55. The van der Waals surface area contributed by atoms with Crippen molar-refractivity contribution in [2.24, 2.45) is 0 Å². The van der Waals surface area contributed by atoms with Gasteiger partial charge in [0.05, 0.1) is 35.5 Å². The summed E-state index contributed by atoms with van der Waals surface area (Å²) in [6.07, 6.45) is 0.407. The van der Waals surface area contributed by atoms with Crippen LogP contribution in [0.1, 0.15) is 117 Å². The summed E-state index contributed by atoms with van der Waals surface area (Å²) >= 11 is 0. The van der Waals surface area contributed by atoms with Crippen LogP contribution in [0.25, 0.3) is 0 Å². The van der Waals surface area contributed by atoms with E-state index in [1.54, 1.807) is 24.3 Å². The summed E-state index contributed by atoms with van der Waals surface area (Å²) < 4.78 is 10.6. The maximum atomic E-state index is 13.6. The fourth-order valence-corrected chi connectivity index (χ4v) is 5.28. The Hall–Kier alpha value is -6.31. The van der Waals surface area contributed by atoms with Crippen LogP contribution in [0.5, 0.6) is 0 Å². The molecule has 0 atom stereocenters. The number of carbonyl (C=O) groups excluding carboxylic acids is 5. The lowest BCUT2D eigenvalue weighted by Crippen LogP contribution is -2.31. The van der Waals surface area contributed by atoms with Gasteiger partial charge >= 0.3 is 23.9 Å². The molecule has 0 aliphatic carbocycles. The van der Waals surface area contributed by atoms with Gasteiger partial charge in [-0.2, -0.15) is 0 Å². The van der Waals surface area contributed by atoms with E-state index < -0.39 is 74.7 Å². The van der Waals surface area contributed by atoms with Crippen molar-refractivity contribution in [2.45, 2.75) is 51.7 Å². The molecular formula is C41H38O13. The number of aromatic carboxylic acids is 2. The van der Waals surface area contributed by atoms with Crippen LogP contribution in [-0.2, 0) is 22.3 Å². The van der Waals surface area contributed by atoms with Gasteiger partial charge in [0.1, 0.15) is 11.2 Å². The molecule has 4 aromatic rings. The molecule has 4 N–H and O–H groups in total. The van der Waals surface area contributed by atoms with Crippen molar-refractivity contribution in [3.05, 3.63) is 141 Å². The number of esters is 2. The van der Waals surface area contributed by atoms with E-state index in [1.807, 2.05) is 0 Å². The Kier molecular flexibility index (Phi) is 12.4. The van der Waals surface area contributed by atoms with E-state index in [0.717, 1.165) is 24.3 Å². The van der Waals surface area contributed by atoms with Crippen LogP contribution in [-0.4, -0.2) is 86.1 Å². The predicted molar refractivity (Wildman–Crippen MR) is 192 cm³/mol. The van der Waals surface area contributed by atoms with E-state index in [9.17, 15) is 54.0 Å². The Balaban J connectivity index is 1.47. The molecule has 0 aliphatic rings. The number of ether oxygens (including phenoxy) is 2. The van der Waals surface area contributed by atoms with Gasteiger partial charge in [0.2, 0.25) is 0 Å². The second-order valence-corrected chi connectivity index (χ2v) is 13.4. The lowest BCUT2D eigenvalue weighted by molar-refractivity contribution is 0.0487. The molecule has 0 heterocycles. The maximum Gasteiger partial charge on any atom is 0.339 e. The Morgan fingerprint density at radius 3 is 1.09 bits per heavy atom. The van der Waals surface area contributed by atoms with Crippen LogP contribution >= 0.6 is 0 Å². The number of hydrogen-bond acceptors (Lipinski definition) is 11. The van der Waals surface area contributed by atoms with Crippen LogP contribution in [0.3, 0.4) is 0 Å². The largest absolute Gasteiger partial charge is 0.478 e. The van der Waals surface area contributed by atoms with Crippen LogP contribution in [0, 0.1) is 0 Å². The lowest BCUT2D eigenvalue weighted by Gasteiger charge is -2.15. The molecule has 4 aromatic carbocycles. The van der Waals surface area contributed by atoms with Crippen LogP contribution < -0.4 is 0 Å². The normalized spacial score (nSPS) is 11.4. The number of benzene rings is 4. The topological polar surface area (TPSA) is 219 Å². The second kappa shape index (κ2) is 16.6. The summed E-state index contributed by atoms with van der Waals surface area (Å²) in [5.74, 6) is -6.66. The number of carboxylic acid groups (broad SMARTS) is 2. The van der Waals surface area contributed by atoms with Gasteiger partial charge in [-0.05, 0) is 63.1 Å². The van der Waals surface area contributed by atoms with Crippen molar-refractivity contribution in [3.8, 4) is 0 Å². The molecular weight excluding hydrogens is 700 g/mol. The highest BCUT2D eigenvalue weighted by Gasteiger charge is 2.27. The van der Waals surface area contributed by atoms with E-state index in [0.29, 0.717) is 22.3 Å².